The molecule has 0 amide bonds. The summed E-state index contributed by atoms with van der Waals surface area (Å²) >= 11 is 0. The van der Waals surface area contributed by atoms with Crippen LogP contribution in [0.4, 0.5) is 0 Å². The van der Waals surface area contributed by atoms with Gasteiger partial charge in [0.25, 0.3) is 0 Å². The molecule has 134 valence electrons. The molecule has 3 aromatic rings. The summed E-state index contributed by atoms with van der Waals surface area (Å²) in [4.78, 5) is 0. The van der Waals surface area contributed by atoms with Crippen molar-refractivity contribution >= 4 is 26.5 Å². The van der Waals surface area contributed by atoms with Crippen LogP contribution in [-0.2, 0) is 12.1 Å². The lowest BCUT2D eigenvalue weighted by Crippen LogP contribution is -2.44. The molecule has 0 aliphatic carbocycles. The Morgan fingerprint density at radius 2 is 0.769 bits per heavy atom. The van der Waals surface area contributed by atoms with Crippen LogP contribution in [0.5, 0.6) is 0 Å². The predicted octanol–water partition coefficient (Wildman–Crippen LogP) is 5.08. The van der Waals surface area contributed by atoms with Crippen molar-refractivity contribution in [3.63, 3.8) is 0 Å². The van der Waals surface area contributed by atoms with Crippen LogP contribution in [0.15, 0.2) is 84.9 Å². The van der Waals surface area contributed by atoms with Gasteiger partial charge in [-0.15, -0.1) is 0 Å². The standard InChI is InChI=1S/C24H30Si2/c1-25(2,23-11-7-5-8-12-23)19-21-15-17-22(18-16-21)20-26(3,4)24-13-9-6-10-14-24/h5-18H,19-20H2,1-4H3. The lowest BCUT2D eigenvalue weighted by atomic mass is 10.2. The Bertz CT molecular complexity index is 747. The predicted molar refractivity (Wildman–Crippen MR) is 121 cm³/mol. The van der Waals surface area contributed by atoms with Crippen molar-refractivity contribution in [1.29, 1.82) is 0 Å². The Hall–Kier alpha value is -1.91. The van der Waals surface area contributed by atoms with Crippen molar-refractivity contribution in [1.82, 2.24) is 0 Å². The molecule has 3 aromatic carbocycles. The van der Waals surface area contributed by atoms with Crippen LogP contribution in [0.2, 0.25) is 26.2 Å². The second-order valence-corrected chi connectivity index (χ2v) is 18.1. The first-order chi connectivity index (χ1) is 12.4. The largest absolute Gasteiger partial charge is 0.0849 e. The van der Waals surface area contributed by atoms with Crippen molar-refractivity contribution in [3.05, 3.63) is 96.1 Å². The molecule has 0 spiro atoms. The van der Waals surface area contributed by atoms with Crippen molar-refractivity contribution in [2.45, 2.75) is 38.3 Å². The third kappa shape index (κ3) is 4.63. The summed E-state index contributed by atoms with van der Waals surface area (Å²) in [6, 6.07) is 34.0. The first-order valence-corrected chi connectivity index (χ1v) is 16.0. The van der Waals surface area contributed by atoms with E-state index in [-0.39, 0.29) is 0 Å². The summed E-state index contributed by atoms with van der Waals surface area (Å²) in [6.07, 6.45) is 0. The number of hydrogen-bond acceptors (Lipinski definition) is 0. The third-order valence-corrected chi connectivity index (χ3v) is 11.8. The molecule has 0 fully saturated rings. The molecular weight excluding hydrogens is 344 g/mol. The summed E-state index contributed by atoms with van der Waals surface area (Å²) in [7, 11) is -2.86. The van der Waals surface area contributed by atoms with Crippen molar-refractivity contribution < 1.29 is 0 Å². The number of hydrogen-bond donors (Lipinski definition) is 0. The fourth-order valence-corrected chi connectivity index (χ4v) is 8.89. The zero-order valence-corrected chi connectivity index (χ0v) is 18.5. The quantitative estimate of drug-likeness (QED) is 0.528. The first kappa shape index (κ1) is 18.9. The molecule has 0 saturated heterocycles. The molecular formula is C24H30Si2. The number of benzene rings is 3. The van der Waals surface area contributed by atoms with Crippen molar-refractivity contribution in [3.8, 4) is 0 Å². The van der Waals surface area contributed by atoms with E-state index in [0.717, 1.165) is 0 Å². The molecule has 0 aliphatic rings. The molecule has 0 bridgehead atoms. The Balaban J connectivity index is 1.71. The van der Waals surface area contributed by atoms with Crippen molar-refractivity contribution in [2.75, 3.05) is 0 Å². The summed E-state index contributed by atoms with van der Waals surface area (Å²) in [5.74, 6) is 0. The van der Waals surface area contributed by atoms with Gasteiger partial charge < -0.3 is 0 Å². The van der Waals surface area contributed by atoms with E-state index in [2.05, 4.69) is 111 Å². The van der Waals surface area contributed by atoms with E-state index in [1.54, 1.807) is 10.4 Å². The van der Waals surface area contributed by atoms with E-state index in [0.29, 0.717) is 0 Å². The fourth-order valence-electron chi connectivity index (χ4n) is 3.78. The molecule has 0 N–H and O–H groups in total. The molecule has 0 saturated carbocycles. The molecule has 0 radical (unpaired) electrons. The lowest BCUT2D eigenvalue weighted by molar-refractivity contribution is 1.26. The average Bonchev–Trinajstić information content (AvgIpc) is 2.64. The SMILES string of the molecule is C[Si](C)(Cc1ccc(C[Si](C)(C)c2ccccc2)cc1)c1ccccc1. The van der Waals surface area contributed by atoms with Crippen LogP contribution in [0, 0.1) is 0 Å². The van der Waals surface area contributed by atoms with E-state index in [1.807, 2.05) is 0 Å². The van der Waals surface area contributed by atoms with Gasteiger partial charge in [-0.25, -0.2) is 0 Å². The van der Waals surface area contributed by atoms with Gasteiger partial charge >= 0.3 is 0 Å². The van der Waals surface area contributed by atoms with Gasteiger partial charge in [0.05, 0.1) is 16.1 Å². The van der Waals surface area contributed by atoms with Crippen LogP contribution in [0.1, 0.15) is 11.1 Å². The molecule has 2 heteroatoms. The van der Waals surface area contributed by atoms with E-state index >= 15 is 0 Å². The molecule has 0 unspecified atom stereocenters. The van der Waals surface area contributed by atoms with Gasteiger partial charge in [0.2, 0.25) is 0 Å². The fraction of sp³-hybridized carbons (Fsp3) is 0.250. The minimum atomic E-state index is -1.43. The van der Waals surface area contributed by atoms with Crippen LogP contribution in [0.25, 0.3) is 0 Å². The van der Waals surface area contributed by atoms with Crippen molar-refractivity contribution in [2.24, 2.45) is 0 Å². The van der Waals surface area contributed by atoms with Gasteiger partial charge in [-0.2, -0.15) is 0 Å². The molecule has 0 heterocycles. The minimum Gasteiger partial charge on any atom is -0.0652 e. The summed E-state index contributed by atoms with van der Waals surface area (Å²) in [5.41, 5.74) is 2.96. The molecule has 26 heavy (non-hydrogen) atoms. The van der Waals surface area contributed by atoms with Crippen LogP contribution < -0.4 is 10.4 Å². The monoisotopic (exact) mass is 374 g/mol. The zero-order chi connectivity index (χ0) is 18.6. The highest BCUT2D eigenvalue weighted by Gasteiger charge is 2.25. The van der Waals surface area contributed by atoms with Gasteiger partial charge in [0.1, 0.15) is 0 Å². The van der Waals surface area contributed by atoms with Crippen LogP contribution in [-0.4, -0.2) is 16.1 Å². The van der Waals surface area contributed by atoms with Gasteiger partial charge in [0.15, 0.2) is 0 Å². The zero-order valence-electron chi connectivity index (χ0n) is 16.5. The molecule has 3 rings (SSSR count). The summed E-state index contributed by atoms with van der Waals surface area (Å²) in [5, 5.41) is 3.09. The first-order valence-electron chi connectivity index (χ1n) is 9.56. The maximum atomic E-state index is 2.47. The van der Waals surface area contributed by atoms with E-state index < -0.39 is 16.1 Å². The van der Waals surface area contributed by atoms with Gasteiger partial charge in [0, 0.05) is 0 Å². The van der Waals surface area contributed by atoms with E-state index in [4.69, 9.17) is 0 Å². The lowest BCUT2D eigenvalue weighted by Gasteiger charge is -2.24. The van der Waals surface area contributed by atoms with Gasteiger partial charge in [-0.3, -0.25) is 0 Å². The minimum absolute atomic E-state index is 1.21. The summed E-state index contributed by atoms with van der Waals surface area (Å²) in [6.45, 7) is 9.90. The highest BCUT2D eigenvalue weighted by molar-refractivity contribution is 6.89. The normalized spacial score (nSPS) is 12.2. The molecule has 0 nitrogen and oxygen atoms in total. The van der Waals surface area contributed by atoms with E-state index in [9.17, 15) is 0 Å². The smallest absolute Gasteiger partial charge is 0.0652 e. The Labute approximate surface area is 160 Å². The van der Waals surface area contributed by atoms with E-state index in [1.165, 1.54) is 23.2 Å². The Morgan fingerprint density at radius 3 is 1.08 bits per heavy atom. The average molecular weight is 375 g/mol. The molecule has 0 aromatic heterocycles. The summed E-state index contributed by atoms with van der Waals surface area (Å²) < 4.78 is 0. The maximum absolute atomic E-state index is 2.47. The van der Waals surface area contributed by atoms with Crippen LogP contribution in [0.3, 0.4) is 0 Å². The maximum Gasteiger partial charge on any atom is 0.0849 e. The van der Waals surface area contributed by atoms with Crippen LogP contribution >= 0.6 is 0 Å². The second-order valence-electron chi connectivity index (χ2n) is 8.67. The third-order valence-electron chi connectivity index (χ3n) is 5.43. The highest BCUT2D eigenvalue weighted by Crippen LogP contribution is 2.17. The Kier molecular flexibility index (Phi) is 5.64. The number of rotatable bonds is 6. The van der Waals surface area contributed by atoms with Gasteiger partial charge in [-0.05, 0) is 12.1 Å². The second kappa shape index (κ2) is 7.77. The Morgan fingerprint density at radius 1 is 0.462 bits per heavy atom. The molecule has 0 atom stereocenters. The topological polar surface area (TPSA) is 0 Å². The van der Waals surface area contributed by atoms with Gasteiger partial charge in [-0.1, -0.05) is 133 Å². The molecule has 0 aliphatic heterocycles. The highest BCUT2D eigenvalue weighted by atomic mass is 28.3.